The van der Waals surface area contributed by atoms with E-state index in [4.69, 9.17) is 0 Å². The van der Waals surface area contributed by atoms with Gasteiger partial charge < -0.3 is 5.11 Å². The molecule has 0 saturated heterocycles. The van der Waals surface area contributed by atoms with Gasteiger partial charge in [0.1, 0.15) is 5.82 Å². The van der Waals surface area contributed by atoms with Gasteiger partial charge >= 0.3 is 5.69 Å². The van der Waals surface area contributed by atoms with Crippen LogP contribution in [0.3, 0.4) is 0 Å². The average molecular weight is 239 g/mol. The van der Waals surface area contributed by atoms with Crippen LogP contribution in [0.5, 0.6) is 0 Å². The highest BCUT2D eigenvalue weighted by molar-refractivity contribution is 4.93. The molecule has 1 fully saturated rings. The fraction of sp³-hybridized carbons (Fsp3) is 0.833. The summed E-state index contributed by atoms with van der Waals surface area (Å²) in [5, 5.41) is 14.1. The van der Waals surface area contributed by atoms with Crippen molar-refractivity contribution in [1.29, 1.82) is 0 Å². The second kappa shape index (κ2) is 3.98. The minimum absolute atomic E-state index is 0.00382. The second-order valence-electron chi connectivity index (χ2n) is 5.77. The lowest BCUT2D eigenvalue weighted by atomic mass is 9.72. The third-order valence-electron chi connectivity index (χ3n) is 4.04. The molecule has 2 unspecified atom stereocenters. The molecule has 5 nitrogen and oxygen atoms in total. The zero-order valence-electron chi connectivity index (χ0n) is 11.0. The molecule has 1 aromatic heterocycles. The molecule has 0 bridgehead atoms. The van der Waals surface area contributed by atoms with Crippen molar-refractivity contribution in [2.75, 3.05) is 0 Å². The zero-order chi connectivity index (χ0) is 12.8. The molecule has 0 aromatic carbocycles. The van der Waals surface area contributed by atoms with Gasteiger partial charge in [-0.2, -0.15) is 5.10 Å². The first-order chi connectivity index (χ1) is 7.83. The van der Waals surface area contributed by atoms with Gasteiger partial charge in [0.05, 0.1) is 12.1 Å². The summed E-state index contributed by atoms with van der Waals surface area (Å²) in [4.78, 5) is 12.1. The number of aliphatic hydroxyl groups excluding tert-OH is 1. The number of hydrogen-bond donors (Lipinski definition) is 1. The Hall–Kier alpha value is -1.10. The summed E-state index contributed by atoms with van der Waals surface area (Å²) in [6, 6.07) is -0.0151. The summed E-state index contributed by atoms with van der Waals surface area (Å²) < 4.78 is 3.11. The molecule has 0 amide bonds. The van der Waals surface area contributed by atoms with Crippen LogP contribution in [0.4, 0.5) is 0 Å². The number of rotatable bonds is 1. The van der Waals surface area contributed by atoms with Crippen LogP contribution in [0.2, 0.25) is 0 Å². The van der Waals surface area contributed by atoms with E-state index in [9.17, 15) is 9.90 Å². The van der Waals surface area contributed by atoms with E-state index in [1.807, 2.05) is 6.92 Å². The molecule has 17 heavy (non-hydrogen) atoms. The maximum Gasteiger partial charge on any atom is 0.345 e. The maximum atomic E-state index is 12.1. The third-order valence-corrected chi connectivity index (χ3v) is 4.04. The lowest BCUT2D eigenvalue weighted by Gasteiger charge is -2.40. The number of aromatic nitrogens is 3. The quantitative estimate of drug-likeness (QED) is 0.795. The van der Waals surface area contributed by atoms with Crippen molar-refractivity contribution in [1.82, 2.24) is 14.3 Å². The predicted octanol–water partition coefficient (Wildman–Crippen LogP) is 1.00. The molecule has 96 valence electrons. The molecule has 0 radical (unpaired) electrons. The van der Waals surface area contributed by atoms with Gasteiger partial charge in [0, 0.05) is 7.05 Å². The Morgan fingerprint density at radius 3 is 2.65 bits per heavy atom. The molecule has 2 rings (SSSR count). The first-order valence-corrected chi connectivity index (χ1v) is 6.13. The largest absolute Gasteiger partial charge is 0.393 e. The Bertz CT molecular complexity index is 473. The van der Waals surface area contributed by atoms with Crippen molar-refractivity contribution in [3.05, 3.63) is 16.3 Å². The van der Waals surface area contributed by atoms with Gasteiger partial charge in [-0.25, -0.2) is 9.48 Å². The molecule has 1 aromatic rings. The van der Waals surface area contributed by atoms with Gasteiger partial charge in [0.25, 0.3) is 0 Å². The van der Waals surface area contributed by atoms with Crippen LogP contribution in [0.15, 0.2) is 4.79 Å². The summed E-state index contributed by atoms with van der Waals surface area (Å²) in [5.41, 5.74) is -0.0844. The van der Waals surface area contributed by atoms with Crippen molar-refractivity contribution in [2.24, 2.45) is 12.5 Å². The molecule has 1 aliphatic carbocycles. The van der Waals surface area contributed by atoms with Gasteiger partial charge in [-0.1, -0.05) is 13.8 Å². The second-order valence-corrected chi connectivity index (χ2v) is 5.77. The molecule has 2 atom stereocenters. The van der Waals surface area contributed by atoms with Crippen LogP contribution in [-0.2, 0) is 7.05 Å². The third kappa shape index (κ3) is 2.04. The molecule has 1 saturated carbocycles. The van der Waals surface area contributed by atoms with E-state index < -0.39 is 0 Å². The lowest BCUT2D eigenvalue weighted by Crippen LogP contribution is -2.41. The topological polar surface area (TPSA) is 60.0 Å². The molecule has 1 heterocycles. The summed E-state index contributed by atoms with van der Waals surface area (Å²) in [6.07, 6.45) is 2.02. The minimum atomic E-state index is -0.317. The van der Waals surface area contributed by atoms with Crippen LogP contribution in [0.25, 0.3) is 0 Å². The Morgan fingerprint density at radius 2 is 2.12 bits per heavy atom. The first kappa shape index (κ1) is 12.4. The smallest absolute Gasteiger partial charge is 0.345 e. The Labute approximate surface area is 101 Å². The van der Waals surface area contributed by atoms with Crippen LogP contribution < -0.4 is 5.69 Å². The summed E-state index contributed by atoms with van der Waals surface area (Å²) in [7, 11) is 1.73. The van der Waals surface area contributed by atoms with E-state index >= 15 is 0 Å². The maximum absolute atomic E-state index is 12.1. The molecule has 0 aliphatic heterocycles. The zero-order valence-corrected chi connectivity index (χ0v) is 11.0. The van der Waals surface area contributed by atoms with Crippen LogP contribution in [0, 0.1) is 12.3 Å². The average Bonchev–Trinajstić information content (AvgIpc) is 2.50. The SMILES string of the molecule is Cc1nn(C2CC(O)CCC2(C)C)c(=O)n1C. The van der Waals surface area contributed by atoms with Crippen molar-refractivity contribution >= 4 is 0 Å². The number of aliphatic hydroxyl groups is 1. The molecule has 1 aliphatic rings. The van der Waals surface area contributed by atoms with Gasteiger partial charge in [-0.05, 0) is 31.6 Å². The van der Waals surface area contributed by atoms with Crippen LogP contribution in [0.1, 0.15) is 45.0 Å². The molecule has 5 heteroatoms. The highest BCUT2D eigenvalue weighted by Gasteiger charge is 2.38. The first-order valence-electron chi connectivity index (χ1n) is 6.13. The van der Waals surface area contributed by atoms with E-state index in [-0.39, 0.29) is 23.3 Å². The van der Waals surface area contributed by atoms with E-state index in [1.54, 1.807) is 16.3 Å². The normalized spacial score (nSPS) is 28.3. The summed E-state index contributed by atoms with van der Waals surface area (Å²) in [6.45, 7) is 6.10. The van der Waals surface area contributed by atoms with Crippen molar-refractivity contribution in [2.45, 2.75) is 52.2 Å². The Kier molecular flexibility index (Phi) is 2.89. The fourth-order valence-corrected chi connectivity index (χ4v) is 2.59. The fourth-order valence-electron chi connectivity index (χ4n) is 2.59. The van der Waals surface area contributed by atoms with E-state index in [0.717, 1.165) is 12.8 Å². The molecule has 1 N–H and O–H groups in total. The number of hydrogen-bond acceptors (Lipinski definition) is 3. The van der Waals surface area contributed by atoms with Crippen LogP contribution in [-0.4, -0.2) is 25.6 Å². The van der Waals surface area contributed by atoms with Crippen LogP contribution >= 0.6 is 0 Å². The molecule has 0 spiro atoms. The van der Waals surface area contributed by atoms with E-state index in [1.165, 1.54) is 0 Å². The molecular weight excluding hydrogens is 218 g/mol. The number of nitrogens with zero attached hydrogens (tertiary/aromatic N) is 3. The van der Waals surface area contributed by atoms with E-state index in [2.05, 4.69) is 18.9 Å². The lowest BCUT2D eigenvalue weighted by molar-refractivity contribution is 0.0274. The van der Waals surface area contributed by atoms with Crippen molar-refractivity contribution < 1.29 is 5.11 Å². The Morgan fingerprint density at radius 1 is 1.47 bits per heavy atom. The summed E-state index contributed by atoms with van der Waals surface area (Å²) >= 11 is 0. The standard InChI is InChI=1S/C12H21N3O2/c1-8-13-15(11(17)14(8)4)10-7-9(16)5-6-12(10,2)3/h9-10,16H,5-7H2,1-4H3. The van der Waals surface area contributed by atoms with Gasteiger partial charge in [-0.3, -0.25) is 4.57 Å². The van der Waals surface area contributed by atoms with Gasteiger partial charge in [0.2, 0.25) is 0 Å². The highest BCUT2D eigenvalue weighted by Crippen LogP contribution is 2.42. The predicted molar refractivity (Wildman–Crippen MR) is 64.9 cm³/mol. The minimum Gasteiger partial charge on any atom is -0.393 e. The van der Waals surface area contributed by atoms with Gasteiger partial charge in [-0.15, -0.1) is 0 Å². The monoisotopic (exact) mass is 239 g/mol. The number of aryl methyl sites for hydroxylation is 1. The van der Waals surface area contributed by atoms with Crippen molar-refractivity contribution in [3.63, 3.8) is 0 Å². The van der Waals surface area contributed by atoms with Crippen molar-refractivity contribution in [3.8, 4) is 0 Å². The van der Waals surface area contributed by atoms with E-state index in [0.29, 0.717) is 12.2 Å². The highest BCUT2D eigenvalue weighted by atomic mass is 16.3. The molecular formula is C12H21N3O2. The van der Waals surface area contributed by atoms with Gasteiger partial charge in [0.15, 0.2) is 0 Å². The Balaban J connectivity index is 2.43. The summed E-state index contributed by atoms with van der Waals surface area (Å²) in [5.74, 6) is 0.714.